The molecule has 30 heavy (non-hydrogen) atoms. The molecule has 0 aromatic heterocycles. The minimum atomic E-state index is -1.20. The highest BCUT2D eigenvalue weighted by atomic mass is 19.1. The van der Waals surface area contributed by atoms with E-state index in [1.165, 1.54) is 12.2 Å². The number of amidine groups is 2. The number of carbonyl (C=O) groups is 1. The third kappa shape index (κ3) is 4.88. The summed E-state index contributed by atoms with van der Waals surface area (Å²) in [6.07, 6.45) is 6.14. The maximum atomic E-state index is 14.8. The zero-order valence-electron chi connectivity index (χ0n) is 17.6. The Labute approximate surface area is 175 Å². The molecule has 1 fully saturated rings. The van der Waals surface area contributed by atoms with Gasteiger partial charge in [-0.2, -0.15) is 5.10 Å². The molecule has 3 rings (SSSR count). The molecule has 0 bridgehead atoms. The van der Waals surface area contributed by atoms with E-state index in [1.54, 1.807) is 31.1 Å². The summed E-state index contributed by atoms with van der Waals surface area (Å²) in [7, 11) is 0. The van der Waals surface area contributed by atoms with Gasteiger partial charge in [-0.1, -0.05) is 6.92 Å². The zero-order chi connectivity index (χ0) is 21.8. The molecule has 4 unspecified atom stereocenters. The van der Waals surface area contributed by atoms with Gasteiger partial charge in [0.1, 0.15) is 36.3 Å². The van der Waals surface area contributed by atoms with Crippen molar-refractivity contribution in [2.45, 2.75) is 58.4 Å². The Bertz CT molecular complexity index is 820. The Morgan fingerprint density at radius 2 is 2.20 bits per heavy atom. The van der Waals surface area contributed by atoms with Crippen molar-refractivity contribution in [1.82, 2.24) is 9.91 Å². The van der Waals surface area contributed by atoms with Crippen molar-refractivity contribution in [3.63, 3.8) is 0 Å². The molecular formula is C21H29F2N5O2. The lowest BCUT2D eigenvalue weighted by Crippen LogP contribution is -2.42. The van der Waals surface area contributed by atoms with Crippen LogP contribution < -0.4 is 5.73 Å². The van der Waals surface area contributed by atoms with Gasteiger partial charge in [-0.15, -0.1) is 0 Å². The zero-order valence-corrected chi connectivity index (χ0v) is 17.6. The second-order valence-corrected chi connectivity index (χ2v) is 7.70. The number of hydrazone groups is 1. The van der Waals surface area contributed by atoms with E-state index < -0.39 is 18.1 Å². The number of nitrogens with zero attached hydrogens (tertiary/aromatic N) is 4. The summed E-state index contributed by atoms with van der Waals surface area (Å²) in [6, 6.07) is -0.221. The molecule has 0 aromatic rings. The first-order chi connectivity index (χ1) is 14.3. The molecule has 1 aliphatic carbocycles. The molecule has 4 atom stereocenters. The van der Waals surface area contributed by atoms with Crippen LogP contribution >= 0.6 is 0 Å². The second kappa shape index (κ2) is 9.40. The first kappa shape index (κ1) is 22.0. The van der Waals surface area contributed by atoms with Crippen LogP contribution in [-0.4, -0.2) is 59.1 Å². The monoisotopic (exact) mass is 421 g/mol. The van der Waals surface area contributed by atoms with Crippen molar-refractivity contribution in [2.24, 2.45) is 21.7 Å². The number of alkyl halides is 1. The van der Waals surface area contributed by atoms with E-state index >= 15 is 0 Å². The number of allylic oxidation sites excluding steroid dienone is 3. The molecule has 2 heterocycles. The van der Waals surface area contributed by atoms with Crippen LogP contribution in [0.15, 0.2) is 45.9 Å². The first-order valence-electron chi connectivity index (χ1n) is 10.3. The summed E-state index contributed by atoms with van der Waals surface area (Å²) in [4.78, 5) is 18.2. The van der Waals surface area contributed by atoms with Gasteiger partial charge in [0.05, 0.1) is 12.6 Å². The number of nitrogens with two attached hydrogens (primary N) is 1. The van der Waals surface area contributed by atoms with Crippen molar-refractivity contribution in [2.75, 3.05) is 13.2 Å². The molecule has 3 aliphatic rings. The number of hydrogen-bond acceptors (Lipinski definition) is 6. The minimum absolute atomic E-state index is 0.0982. The molecule has 0 saturated carbocycles. The number of carbonyl (C=O) groups excluding carboxylic acids is 1. The molecule has 7 nitrogen and oxygen atoms in total. The Balaban J connectivity index is 1.72. The highest BCUT2D eigenvalue weighted by Gasteiger charge is 2.37. The lowest BCUT2D eigenvalue weighted by Gasteiger charge is -2.35. The Morgan fingerprint density at radius 3 is 2.90 bits per heavy atom. The molecule has 0 amide bonds. The van der Waals surface area contributed by atoms with E-state index in [0.29, 0.717) is 11.4 Å². The summed E-state index contributed by atoms with van der Waals surface area (Å²) in [5, 5.41) is 5.79. The molecule has 0 radical (unpaired) electrons. The predicted octanol–water partition coefficient (Wildman–Crippen LogP) is 3.02. The standard InChI is InChI=1S/C21H29F2N5O2/c1-4-30-20(29)12-18(24)26-28-9-7-19(25-14(28)3)27-8-5-6-17(27)16-11-15(22)10-13(2)21(16)23/h7,9-11,13-14,17,21H,4-6,8,12H2,1-3H3,(H2,24,26). The van der Waals surface area contributed by atoms with Gasteiger partial charge in [-0.05, 0) is 50.5 Å². The fourth-order valence-corrected chi connectivity index (χ4v) is 3.99. The number of halogens is 2. The maximum absolute atomic E-state index is 14.8. The number of likely N-dealkylation sites (tertiary alicyclic amines) is 1. The van der Waals surface area contributed by atoms with E-state index in [-0.39, 0.29) is 36.9 Å². The summed E-state index contributed by atoms with van der Waals surface area (Å²) in [6.45, 7) is 6.26. The normalized spacial score (nSPS) is 29.5. The SMILES string of the molecule is CCOC(=O)C/C(N)=N\N1C=CC(N2CCCC2C2=CC(F)=CC(C)C2F)=NC1C. The number of aliphatic imine (C=N–C) groups is 1. The average molecular weight is 421 g/mol. The van der Waals surface area contributed by atoms with Gasteiger partial charge in [-0.25, -0.2) is 18.8 Å². The van der Waals surface area contributed by atoms with Crippen LogP contribution in [0.2, 0.25) is 0 Å². The Kier molecular flexibility index (Phi) is 6.89. The third-order valence-corrected chi connectivity index (χ3v) is 5.39. The molecule has 2 aliphatic heterocycles. The van der Waals surface area contributed by atoms with Crippen LogP contribution in [0.4, 0.5) is 8.78 Å². The first-order valence-corrected chi connectivity index (χ1v) is 10.3. The van der Waals surface area contributed by atoms with Crippen LogP contribution in [0.5, 0.6) is 0 Å². The van der Waals surface area contributed by atoms with Crippen molar-refractivity contribution < 1.29 is 18.3 Å². The summed E-state index contributed by atoms with van der Waals surface area (Å²) in [5.41, 5.74) is 6.32. The fourth-order valence-electron chi connectivity index (χ4n) is 3.99. The molecule has 164 valence electrons. The average Bonchev–Trinajstić information content (AvgIpc) is 3.16. The van der Waals surface area contributed by atoms with E-state index in [4.69, 9.17) is 10.5 Å². The van der Waals surface area contributed by atoms with Crippen LogP contribution in [0.1, 0.15) is 40.0 Å². The van der Waals surface area contributed by atoms with E-state index in [9.17, 15) is 13.6 Å². The number of esters is 1. The van der Waals surface area contributed by atoms with Crippen LogP contribution in [0, 0.1) is 5.92 Å². The Morgan fingerprint density at radius 1 is 1.43 bits per heavy atom. The summed E-state index contributed by atoms with van der Waals surface area (Å²) >= 11 is 0. The molecule has 2 N–H and O–H groups in total. The van der Waals surface area contributed by atoms with Gasteiger partial charge in [0, 0.05) is 18.7 Å². The summed E-state index contributed by atoms with van der Waals surface area (Å²) in [5.74, 6) is -0.469. The van der Waals surface area contributed by atoms with Crippen LogP contribution in [0.3, 0.4) is 0 Å². The van der Waals surface area contributed by atoms with E-state index in [2.05, 4.69) is 10.1 Å². The lowest BCUT2D eigenvalue weighted by atomic mass is 9.87. The lowest BCUT2D eigenvalue weighted by molar-refractivity contribution is -0.141. The summed E-state index contributed by atoms with van der Waals surface area (Å²) < 4.78 is 33.6. The fraction of sp³-hybridized carbons (Fsp3) is 0.571. The highest BCUT2D eigenvalue weighted by Crippen LogP contribution is 2.35. The predicted molar refractivity (Wildman–Crippen MR) is 112 cm³/mol. The number of hydrogen-bond donors (Lipinski definition) is 1. The highest BCUT2D eigenvalue weighted by molar-refractivity contribution is 5.97. The molecule has 0 spiro atoms. The minimum Gasteiger partial charge on any atom is -0.466 e. The molecule has 0 aromatic carbocycles. The van der Waals surface area contributed by atoms with Gasteiger partial charge in [0.25, 0.3) is 0 Å². The van der Waals surface area contributed by atoms with Gasteiger partial charge in [0.15, 0.2) is 0 Å². The van der Waals surface area contributed by atoms with Gasteiger partial charge >= 0.3 is 5.97 Å². The number of ether oxygens (including phenoxy) is 1. The number of rotatable bonds is 5. The Hall–Kier alpha value is -2.71. The van der Waals surface area contributed by atoms with Gasteiger partial charge < -0.3 is 15.4 Å². The third-order valence-electron chi connectivity index (χ3n) is 5.39. The van der Waals surface area contributed by atoms with Crippen LogP contribution in [-0.2, 0) is 9.53 Å². The topological polar surface area (TPSA) is 83.5 Å². The van der Waals surface area contributed by atoms with E-state index in [1.807, 2.05) is 11.8 Å². The van der Waals surface area contributed by atoms with Gasteiger partial charge in [-0.3, -0.25) is 4.79 Å². The molecule has 1 saturated heterocycles. The van der Waals surface area contributed by atoms with Gasteiger partial charge in [0.2, 0.25) is 0 Å². The van der Waals surface area contributed by atoms with Crippen molar-refractivity contribution in [3.05, 3.63) is 35.8 Å². The molecule has 9 heteroatoms. The van der Waals surface area contributed by atoms with E-state index in [0.717, 1.165) is 19.4 Å². The van der Waals surface area contributed by atoms with Crippen LogP contribution in [0.25, 0.3) is 0 Å². The quantitative estimate of drug-likeness (QED) is 0.419. The van der Waals surface area contributed by atoms with Crippen molar-refractivity contribution in [3.8, 4) is 0 Å². The second-order valence-electron chi connectivity index (χ2n) is 7.70. The van der Waals surface area contributed by atoms with Crippen molar-refractivity contribution in [1.29, 1.82) is 0 Å². The smallest absolute Gasteiger partial charge is 0.313 e. The largest absolute Gasteiger partial charge is 0.466 e. The van der Waals surface area contributed by atoms with Crippen molar-refractivity contribution >= 4 is 17.6 Å². The maximum Gasteiger partial charge on any atom is 0.313 e. The molecular weight excluding hydrogens is 392 g/mol.